The van der Waals surface area contributed by atoms with E-state index in [1.807, 2.05) is 0 Å². The molecule has 1 aliphatic carbocycles. The summed E-state index contributed by atoms with van der Waals surface area (Å²) >= 11 is 0. The van der Waals surface area contributed by atoms with Crippen LogP contribution in [-0.4, -0.2) is 47.6 Å². The lowest BCUT2D eigenvalue weighted by Crippen LogP contribution is -2.44. The van der Waals surface area contributed by atoms with Crippen LogP contribution >= 0.6 is 0 Å². The van der Waals surface area contributed by atoms with Gasteiger partial charge in [-0.25, -0.2) is 0 Å². The molecule has 116 valence electrons. The van der Waals surface area contributed by atoms with Crippen LogP contribution in [0.5, 0.6) is 0 Å². The third-order valence-electron chi connectivity index (χ3n) is 3.90. The van der Waals surface area contributed by atoms with Crippen molar-refractivity contribution in [2.75, 3.05) is 19.6 Å². The molecule has 1 rings (SSSR count). The Morgan fingerprint density at radius 3 is 2.55 bits per heavy atom. The van der Waals surface area contributed by atoms with Crippen molar-refractivity contribution < 1.29 is 14.7 Å². The standard InChI is InChI=1S/C15H28N2O3/c1-2-3-10-16-14(18)12-17(11-9-15(19)20)13-7-5-4-6-8-13/h13H,2-12H2,1H3,(H,16,18)(H,19,20). The Morgan fingerprint density at radius 2 is 1.95 bits per heavy atom. The van der Waals surface area contributed by atoms with Crippen molar-refractivity contribution in [3.63, 3.8) is 0 Å². The molecule has 0 saturated heterocycles. The van der Waals surface area contributed by atoms with E-state index in [1.54, 1.807) is 0 Å². The lowest BCUT2D eigenvalue weighted by molar-refractivity contribution is -0.138. The number of aliphatic carboxylic acids is 1. The van der Waals surface area contributed by atoms with Gasteiger partial charge in [-0.1, -0.05) is 32.6 Å². The maximum Gasteiger partial charge on any atom is 0.304 e. The van der Waals surface area contributed by atoms with E-state index in [0.29, 0.717) is 25.7 Å². The van der Waals surface area contributed by atoms with Gasteiger partial charge in [-0.2, -0.15) is 0 Å². The van der Waals surface area contributed by atoms with Crippen LogP contribution in [0, 0.1) is 0 Å². The third kappa shape index (κ3) is 6.89. The summed E-state index contributed by atoms with van der Waals surface area (Å²) in [6, 6.07) is 0.375. The Hall–Kier alpha value is -1.10. The Bertz CT molecular complexity index is 301. The first-order valence-electron chi connectivity index (χ1n) is 7.86. The van der Waals surface area contributed by atoms with Crippen molar-refractivity contribution in [3.8, 4) is 0 Å². The number of nitrogens with zero attached hydrogens (tertiary/aromatic N) is 1. The first kappa shape index (κ1) is 17.0. The van der Waals surface area contributed by atoms with Crippen LogP contribution in [0.4, 0.5) is 0 Å². The molecule has 5 heteroatoms. The highest BCUT2D eigenvalue weighted by molar-refractivity contribution is 5.78. The summed E-state index contributed by atoms with van der Waals surface area (Å²) in [5.74, 6) is -0.772. The fraction of sp³-hybridized carbons (Fsp3) is 0.867. The number of carboxylic acids is 1. The maximum atomic E-state index is 11.9. The number of rotatable bonds is 9. The summed E-state index contributed by atoms with van der Waals surface area (Å²) in [5.41, 5.74) is 0. The molecular weight excluding hydrogens is 256 g/mol. The van der Waals surface area contributed by atoms with E-state index >= 15 is 0 Å². The quantitative estimate of drug-likeness (QED) is 0.635. The molecule has 0 heterocycles. The molecule has 0 atom stereocenters. The average Bonchev–Trinajstić information content (AvgIpc) is 2.44. The minimum absolute atomic E-state index is 0.0226. The predicted octanol–water partition coefficient (Wildman–Crippen LogP) is 2.01. The monoisotopic (exact) mass is 284 g/mol. The summed E-state index contributed by atoms with van der Waals surface area (Å²) in [6.45, 7) is 3.61. The summed E-state index contributed by atoms with van der Waals surface area (Å²) in [7, 11) is 0. The molecule has 1 amide bonds. The molecule has 20 heavy (non-hydrogen) atoms. The van der Waals surface area contributed by atoms with Crippen molar-refractivity contribution in [2.45, 2.75) is 64.3 Å². The minimum atomic E-state index is -0.794. The molecule has 1 saturated carbocycles. The number of hydrogen-bond acceptors (Lipinski definition) is 3. The van der Waals surface area contributed by atoms with Crippen molar-refractivity contribution in [3.05, 3.63) is 0 Å². The highest BCUT2D eigenvalue weighted by atomic mass is 16.4. The van der Waals surface area contributed by atoms with Gasteiger partial charge < -0.3 is 10.4 Å². The van der Waals surface area contributed by atoms with Gasteiger partial charge in [0.05, 0.1) is 13.0 Å². The molecule has 0 unspecified atom stereocenters. The molecule has 0 aromatic carbocycles. The summed E-state index contributed by atoms with van der Waals surface area (Å²) in [6.07, 6.45) is 7.96. The molecule has 0 aromatic rings. The molecule has 0 spiro atoms. The lowest BCUT2D eigenvalue weighted by Gasteiger charge is -2.33. The van der Waals surface area contributed by atoms with Crippen LogP contribution in [0.15, 0.2) is 0 Å². The average molecular weight is 284 g/mol. The molecular formula is C15H28N2O3. The zero-order valence-electron chi connectivity index (χ0n) is 12.6. The number of hydrogen-bond donors (Lipinski definition) is 2. The predicted molar refractivity (Wildman–Crippen MR) is 78.6 cm³/mol. The Balaban J connectivity index is 2.43. The fourth-order valence-electron chi connectivity index (χ4n) is 2.72. The van der Waals surface area contributed by atoms with Gasteiger partial charge in [-0.3, -0.25) is 14.5 Å². The van der Waals surface area contributed by atoms with Gasteiger partial charge in [-0.05, 0) is 19.3 Å². The Labute approximate surface area is 121 Å². The number of amides is 1. The van der Waals surface area contributed by atoms with E-state index in [4.69, 9.17) is 5.11 Å². The first-order chi connectivity index (χ1) is 9.63. The van der Waals surface area contributed by atoms with Crippen molar-refractivity contribution in [1.82, 2.24) is 10.2 Å². The van der Waals surface area contributed by atoms with Crippen LogP contribution < -0.4 is 5.32 Å². The zero-order valence-corrected chi connectivity index (χ0v) is 12.6. The van der Waals surface area contributed by atoms with Crippen molar-refractivity contribution in [2.24, 2.45) is 0 Å². The third-order valence-corrected chi connectivity index (χ3v) is 3.90. The van der Waals surface area contributed by atoms with Crippen molar-refractivity contribution >= 4 is 11.9 Å². The van der Waals surface area contributed by atoms with Gasteiger partial charge in [0.1, 0.15) is 0 Å². The van der Waals surface area contributed by atoms with Crippen LogP contribution in [0.2, 0.25) is 0 Å². The molecule has 0 aromatic heterocycles. The van der Waals surface area contributed by atoms with Gasteiger partial charge in [0, 0.05) is 19.1 Å². The SMILES string of the molecule is CCCCNC(=O)CN(CCC(=O)O)C1CCCCC1. The second-order valence-electron chi connectivity index (χ2n) is 5.61. The molecule has 0 radical (unpaired) electrons. The molecule has 5 nitrogen and oxygen atoms in total. The van der Waals surface area contributed by atoms with E-state index in [9.17, 15) is 9.59 Å². The molecule has 2 N–H and O–H groups in total. The summed E-state index contributed by atoms with van der Waals surface area (Å²) < 4.78 is 0. The summed E-state index contributed by atoms with van der Waals surface area (Å²) in [4.78, 5) is 24.7. The highest BCUT2D eigenvalue weighted by Gasteiger charge is 2.23. The van der Waals surface area contributed by atoms with E-state index < -0.39 is 5.97 Å². The van der Waals surface area contributed by atoms with Gasteiger partial charge >= 0.3 is 5.97 Å². The lowest BCUT2D eigenvalue weighted by atomic mass is 9.94. The Kier molecular flexibility index (Phi) is 8.26. The zero-order chi connectivity index (χ0) is 14.8. The van der Waals surface area contributed by atoms with Crippen LogP contribution in [0.25, 0.3) is 0 Å². The number of nitrogens with one attached hydrogen (secondary N) is 1. The van der Waals surface area contributed by atoms with E-state index in [1.165, 1.54) is 19.3 Å². The first-order valence-corrected chi connectivity index (χ1v) is 7.86. The van der Waals surface area contributed by atoms with Crippen molar-refractivity contribution in [1.29, 1.82) is 0 Å². The minimum Gasteiger partial charge on any atom is -0.481 e. The normalized spacial score (nSPS) is 16.3. The molecule has 1 fully saturated rings. The molecule has 1 aliphatic rings. The van der Waals surface area contributed by atoms with E-state index in [-0.39, 0.29) is 12.3 Å². The number of carbonyl (C=O) groups is 2. The summed E-state index contributed by atoms with van der Waals surface area (Å²) in [5, 5.41) is 11.8. The van der Waals surface area contributed by atoms with E-state index in [0.717, 1.165) is 25.7 Å². The second kappa shape index (κ2) is 9.75. The fourth-order valence-corrected chi connectivity index (χ4v) is 2.72. The smallest absolute Gasteiger partial charge is 0.304 e. The van der Waals surface area contributed by atoms with Gasteiger partial charge in [0.2, 0.25) is 5.91 Å². The largest absolute Gasteiger partial charge is 0.481 e. The number of unbranched alkanes of at least 4 members (excludes halogenated alkanes) is 1. The molecule has 0 aliphatic heterocycles. The highest BCUT2D eigenvalue weighted by Crippen LogP contribution is 2.22. The number of carboxylic acid groups (broad SMARTS) is 1. The topological polar surface area (TPSA) is 69.6 Å². The van der Waals surface area contributed by atoms with Crippen LogP contribution in [0.1, 0.15) is 58.3 Å². The second-order valence-corrected chi connectivity index (χ2v) is 5.61. The maximum absolute atomic E-state index is 11.9. The Morgan fingerprint density at radius 1 is 1.25 bits per heavy atom. The number of carbonyl (C=O) groups excluding carboxylic acids is 1. The van der Waals surface area contributed by atoms with Crippen LogP contribution in [-0.2, 0) is 9.59 Å². The van der Waals surface area contributed by atoms with Gasteiger partial charge in [0.25, 0.3) is 0 Å². The van der Waals surface area contributed by atoms with E-state index in [2.05, 4.69) is 17.1 Å². The molecule has 0 bridgehead atoms. The van der Waals surface area contributed by atoms with Crippen LogP contribution in [0.3, 0.4) is 0 Å². The van der Waals surface area contributed by atoms with Gasteiger partial charge in [0.15, 0.2) is 0 Å². The van der Waals surface area contributed by atoms with Gasteiger partial charge in [-0.15, -0.1) is 0 Å².